The van der Waals surface area contributed by atoms with E-state index in [9.17, 15) is 10.2 Å². The van der Waals surface area contributed by atoms with E-state index in [0.717, 1.165) is 59.4 Å². The lowest BCUT2D eigenvalue weighted by atomic mass is 9.93. The SMILES string of the molecule is COc1cc2c(O)c(c1)CCc1cc(OC)cc(c1O)CCCC2. The van der Waals surface area contributed by atoms with Crippen LogP contribution in [-0.2, 0) is 25.7 Å². The van der Waals surface area contributed by atoms with E-state index in [1.165, 1.54) is 0 Å². The van der Waals surface area contributed by atoms with Crippen molar-refractivity contribution in [2.24, 2.45) is 0 Å². The van der Waals surface area contributed by atoms with Crippen molar-refractivity contribution in [1.82, 2.24) is 0 Å². The molecule has 0 saturated heterocycles. The number of aryl methyl sites for hydroxylation is 4. The lowest BCUT2D eigenvalue weighted by Crippen LogP contribution is -2.01. The zero-order chi connectivity index (χ0) is 17.1. The van der Waals surface area contributed by atoms with Gasteiger partial charge in [0.2, 0.25) is 0 Å². The third-order valence-corrected chi connectivity index (χ3v) is 4.76. The van der Waals surface area contributed by atoms with Gasteiger partial charge in [-0.25, -0.2) is 0 Å². The first-order chi connectivity index (χ1) is 11.6. The topological polar surface area (TPSA) is 58.9 Å². The summed E-state index contributed by atoms with van der Waals surface area (Å²) in [6.45, 7) is 0. The van der Waals surface area contributed by atoms with Crippen LogP contribution in [0.5, 0.6) is 23.0 Å². The molecule has 2 aromatic carbocycles. The van der Waals surface area contributed by atoms with E-state index in [0.29, 0.717) is 24.3 Å². The molecule has 0 saturated carbocycles. The van der Waals surface area contributed by atoms with Crippen LogP contribution < -0.4 is 9.47 Å². The molecule has 24 heavy (non-hydrogen) atoms. The molecule has 4 heteroatoms. The minimum atomic E-state index is 0.360. The van der Waals surface area contributed by atoms with E-state index in [1.54, 1.807) is 14.2 Å². The van der Waals surface area contributed by atoms with Crippen LogP contribution in [0.25, 0.3) is 0 Å². The van der Waals surface area contributed by atoms with Gasteiger partial charge in [0, 0.05) is 0 Å². The van der Waals surface area contributed by atoms with Crippen molar-refractivity contribution in [2.75, 3.05) is 14.2 Å². The van der Waals surface area contributed by atoms with Crippen molar-refractivity contribution in [3.05, 3.63) is 46.5 Å². The van der Waals surface area contributed by atoms with Crippen LogP contribution in [0.3, 0.4) is 0 Å². The minimum absolute atomic E-state index is 0.360. The van der Waals surface area contributed by atoms with Crippen LogP contribution in [-0.4, -0.2) is 24.4 Å². The number of fused-ring (bicyclic) bond motifs is 4. The van der Waals surface area contributed by atoms with Gasteiger partial charge < -0.3 is 19.7 Å². The van der Waals surface area contributed by atoms with Gasteiger partial charge in [-0.15, -0.1) is 0 Å². The van der Waals surface area contributed by atoms with Crippen molar-refractivity contribution >= 4 is 0 Å². The first-order valence-corrected chi connectivity index (χ1v) is 8.40. The maximum Gasteiger partial charge on any atom is 0.122 e. The van der Waals surface area contributed by atoms with Crippen LogP contribution in [0.15, 0.2) is 24.3 Å². The van der Waals surface area contributed by atoms with Gasteiger partial charge in [-0.1, -0.05) is 0 Å². The summed E-state index contributed by atoms with van der Waals surface area (Å²) < 4.78 is 10.7. The van der Waals surface area contributed by atoms with Crippen LogP contribution >= 0.6 is 0 Å². The molecule has 1 aliphatic rings. The number of ether oxygens (including phenoxy) is 2. The van der Waals surface area contributed by atoms with E-state index < -0.39 is 0 Å². The number of rotatable bonds is 2. The van der Waals surface area contributed by atoms with Gasteiger partial charge in [-0.2, -0.15) is 0 Å². The molecule has 4 bridgehead atoms. The molecule has 4 nitrogen and oxygen atoms in total. The summed E-state index contributed by atoms with van der Waals surface area (Å²) in [4.78, 5) is 0. The van der Waals surface area contributed by atoms with Crippen molar-refractivity contribution in [3.8, 4) is 23.0 Å². The Morgan fingerprint density at radius 3 is 1.29 bits per heavy atom. The van der Waals surface area contributed by atoms with E-state index >= 15 is 0 Å². The van der Waals surface area contributed by atoms with Crippen molar-refractivity contribution in [3.63, 3.8) is 0 Å². The Morgan fingerprint density at radius 2 is 0.958 bits per heavy atom. The second-order valence-corrected chi connectivity index (χ2v) is 6.30. The van der Waals surface area contributed by atoms with Gasteiger partial charge in [-0.05, 0) is 85.0 Å². The fourth-order valence-electron chi connectivity index (χ4n) is 3.35. The number of phenolic OH excluding ortho intramolecular Hbond substituents is 2. The quantitative estimate of drug-likeness (QED) is 0.881. The summed E-state index contributed by atoms with van der Waals surface area (Å²) in [5, 5.41) is 21.1. The molecular weight excluding hydrogens is 304 g/mol. The normalized spacial score (nSPS) is 14.4. The summed E-state index contributed by atoms with van der Waals surface area (Å²) in [6, 6.07) is 7.60. The molecule has 0 atom stereocenters. The Bertz CT molecular complexity index is 673. The van der Waals surface area contributed by atoms with Crippen molar-refractivity contribution in [2.45, 2.75) is 38.5 Å². The number of methoxy groups -OCH3 is 2. The predicted molar refractivity (Wildman–Crippen MR) is 93.4 cm³/mol. The zero-order valence-electron chi connectivity index (χ0n) is 14.3. The molecule has 1 aliphatic carbocycles. The predicted octanol–water partition coefficient (Wildman–Crippen LogP) is 3.78. The molecule has 0 aliphatic heterocycles. The fourth-order valence-corrected chi connectivity index (χ4v) is 3.35. The molecule has 0 spiro atoms. The Hall–Kier alpha value is -2.36. The molecule has 0 heterocycles. The Balaban J connectivity index is 2.02. The van der Waals surface area contributed by atoms with E-state index in [-0.39, 0.29) is 0 Å². The molecule has 0 radical (unpaired) electrons. The highest BCUT2D eigenvalue weighted by molar-refractivity contribution is 5.50. The molecule has 128 valence electrons. The summed E-state index contributed by atoms with van der Waals surface area (Å²) in [5.74, 6) is 2.26. The maximum absolute atomic E-state index is 10.6. The maximum atomic E-state index is 10.6. The smallest absolute Gasteiger partial charge is 0.122 e. The van der Waals surface area contributed by atoms with E-state index in [1.807, 2.05) is 24.3 Å². The van der Waals surface area contributed by atoms with Gasteiger partial charge in [0.1, 0.15) is 23.0 Å². The van der Waals surface area contributed by atoms with Gasteiger partial charge in [0.05, 0.1) is 14.2 Å². The Morgan fingerprint density at radius 1 is 0.625 bits per heavy atom. The highest BCUT2D eigenvalue weighted by Crippen LogP contribution is 2.35. The third kappa shape index (κ3) is 3.28. The average molecular weight is 328 g/mol. The van der Waals surface area contributed by atoms with Gasteiger partial charge >= 0.3 is 0 Å². The second kappa shape index (κ2) is 7.04. The van der Waals surface area contributed by atoms with Crippen molar-refractivity contribution < 1.29 is 19.7 Å². The molecule has 2 N–H and O–H groups in total. The van der Waals surface area contributed by atoms with Crippen LogP contribution in [0.1, 0.15) is 35.1 Å². The van der Waals surface area contributed by atoms with Crippen LogP contribution in [0.2, 0.25) is 0 Å². The zero-order valence-corrected chi connectivity index (χ0v) is 14.3. The number of phenols is 2. The first-order valence-electron chi connectivity index (χ1n) is 8.40. The average Bonchev–Trinajstić information content (AvgIpc) is 2.60. The molecule has 2 aromatic rings. The lowest BCUT2D eigenvalue weighted by Gasteiger charge is -2.17. The first kappa shape index (κ1) is 16.5. The molecule has 3 rings (SSSR count). The van der Waals surface area contributed by atoms with E-state index in [4.69, 9.17) is 9.47 Å². The highest BCUT2D eigenvalue weighted by Gasteiger charge is 2.16. The largest absolute Gasteiger partial charge is 0.507 e. The van der Waals surface area contributed by atoms with E-state index in [2.05, 4.69) is 0 Å². The summed E-state index contributed by atoms with van der Waals surface area (Å²) in [7, 11) is 3.28. The standard InChI is InChI=1S/C20H24O4/c1-23-17-9-13-5-3-4-6-14-10-18(24-2)12-16(20(14)22)8-7-15(11-17)19(13)21/h9-12,21-22H,3-8H2,1-2H3. The number of hydrogen-bond acceptors (Lipinski definition) is 4. The Kier molecular flexibility index (Phi) is 4.84. The third-order valence-electron chi connectivity index (χ3n) is 4.76. The van der Waals surface area contributed by atoms with Crippen LogP contribution in [0.4, 0.5) is 0 Å². The molecular formula is C20H24O4. The summed E-state index contributed by atoms with van der Waals surface area (Å²) in [6.07, 6.45) is 4.74. The molecule has 0 unspecified atom stereocenters. The number of aromatic hydroxyl groups is 2. The summed E-state index contributed by atoms with van der Waals surface area (Å²) in [5.41, 5.74) is 3.59. The number of benzene rings is 2. The summed E-state index contributed by atoms with van der Waals surface area (Å²) >= 11 is 0. The highest BCUT2D eigenvalue weighted by atomic mass is 16.5. The fraction of sp³-hybridized carbons (Fsp3) is 0.400. The van der Waals surface area contributed by atoms with Crippen LogP contribution in [0, 0.1) is 0 Å². The molecule has 0 aromatic heterocycles. The van der Waals surface area contributed by atoms with Gasteiger partial charge in [-0.3, -0.25) is 0 Å². The van der Waals surface area contributed by atoms with Gasteiger partial charge in [0.15, 0.2) is 0 Å². The monoisotopic (exact) mass is 328 g/mol. The van der Waals surface area contributed by atoms with Crippen molar-refractivity contribution in [1.29, 1.82) is 0 Å². The Labute approximate surface area is 142 Å². The second-order valence-electron chi connectivity index (χ2n) is 6.30. The van der Waals surface area contributed by atoms with Gasteiger partial charge in [0.25, 0.3) is 0 Å². The number of hydrogen-bond donors (Lipinski definition) is 2. The minimum Gasteiger partial charge on any atom is -0.507 e. The lowest BCUT2D eigenvalue weighted by molar-refractivity contribution is 0.406. The molecule has 0 fully saturated rings. The molecule has 0 amide bonds.